The number of unbranched alkanes of at least 4 members (excludes halogenated alkanes) is 50. The van der Waals surface area contributed by atoms with Crippen LogP contribution in [0, 0.1) is 0 Å². The van der Waals surface area contributed by atoms with E-state index in [-0.39, 0.29) is 18.5 Å². The van der Waals surface area contributed by atoms with Crippen molar-refractivity contribution in [2.45, 2.75) is 392 Å². The molecule has 0 aliphatic rings. The van der Waals surface area contributed by atoms with Gasteiger partial charge in [0.1, 0.15) is 0 Å². The van der Waals surface area contributed by atoms with Gasteiger partial charge in [-0.2, -0.15) is 0 Å². The molecule has 0 radical (unpaired) electrons. The van der Waals surface area contributed by atoms with E-state index >= 15 is 0 Å². The summed E-state index contributed by atoms with van der Waals surface area (Å²) in [6.45, 7) is 4.92. The summed E-state index contributed by atoms with van der Waals surface area (Å²) in [4.78, 5) is 24.6. The van der Waals surface area contributed by atoms with E-state index in [1.807, 2.05) is 6.08 Å². The van der Waals surface area contributed by atoms with Crippen molar-refractivity contribution in [3.05, 3.63) is 36.5 Å². The zero-order valence-corrected chi connectivity index (χ0v) is 52.0. The summed E-state index contributed by atoms with van der Waals surface area (Å²) in [6.07, 6.45) is 84.9. The average Bonchev–Trinajstić information content (AvgIpc) is 3.43. The van der Waals surface area contributed by atoms with Crippen LogP contribution in [0.2, 0.25) is 0 Å². The van der Waals surface area contributed by atoms with E-state index in [0.717, 1.165) is 51.4 Å². The Bertz CT molecular complexity index is 1250. The molecule has 2 atom stereocenters. The van der Waals surface area contributed by atoms with E-state index in [9.17, 15) is 19.8 Å². The highest BCUT2D eigenvalue weighted by Gasteiger charge is 2.18. The lowest BCUT2D eigenvalue weighted by molar-refractivity contribution is -0.143. The fourth-order valence-corrected chi connectivity index (χ4v) is 10.8. The van der Waals surface area contributed by atoms with Crippen molar-refractivity contribution >= 4 is 11.9 Å². The zero-order valence-electron chi connectivity index (χ0n) is 52.0. The number of nitrogens with one attached hydrogen (secondary N) is 1. The molecule has 454 valence electrons. The summed E-state index contributed by atoms with van der Waals surface area (Å²) in [7, 11) is 0. The Hall–Kier alpha value is -1.92. The van der Waals surface area contributed by atoms with Crippen molar-refractivity contribution in [1.82, 2.24) is 5.32 Å². The van der Waals surface area contributed by atoms with Crippen LogP contribution in [-0.4, -0.2) is 47.4 Å². The van der Waals surface area contributed by atoms with E-state index in [2.05, 4.69) is 43.5 Å². The quantitative estimate of drug-likeness (QED) is 0.0320. The summed E-state index contributed by atoms with van der Waals surface area (Å²) in [5.41, 5.74) is 0. The van der Waals surface area contributed by atoms with Crippen LogP contribution in [0.3, 0.4) is 0 Å². The topological polar surface area (TPSA) is 95.9 Å². The van der Waals surface area contributed by atoms with Gasteiger partial charge in [-0.25, -0.2) is 0 Å². The number of carbonyl (C=O) groups is 2. The van der Waals surface area contributed by atoms with E-state index in [1.165, 1.54) is 302 Å². The highest BCUT2D eigenvalue weighted by atomic mass is 16.5. The van der Waals surface area contributed by atoms with Gasteiger partial charge in [0.05, 0.1) is 25.4 Å². The van der Waals surface area contributed by atoms with E-state index in [0.29, 0.717) is 19.4 Å². The molecule has 6 heteroatoms. The molecule has 0 aliphatic heterocycles. The van der Waals surface area contributed by atoms with Crippen LogP contribution in [0.25, 0.3) is 0 Å². The van der Waals surface area contributed by atoms with Gasteiger partial charge < -0.3 is 20.3 Å². The largest absolute Gasteiger partial charge is 0.466 e. The lowest BCUT2D eigenvalue weighted by atomic mass is 10.0. The normalized spacial score (nSPS) is 12.7. The third-order valence-corrected chi connectivity index (χ3v) is 16.1. The number of hydrogen-bond donors (Lipinski definition) is 3. The fraction of sp³-hybridized carbons (Fsp3) is 0.887. The van der Waals surface area contributed by atoms with Gasteiger partial charge in [-0.1, -0.05) is 320 Å². The smallest absolute Gasteiger partial charge is 0.305 e. The molecule has 0 rings (SSSR count). The first-order valence-electron chi connectivity index (χ1n) is 34.8. The van der Waals surface area contributed by atoms with Crippen molar-refractivity contribution in [3.8, 4) is 0 Å². The summed E-state index contributed by atoms with van der Waals surface area (Å²) in [5.74, 6) is -0.0650. The number of hydrogen-bond acceptors (Lipinski definition) is 5. The van der Waals surface area contributed by atoms with Crippen molar-refractivity contribution in [2.75, 3.05) is 13.2 Å². The standard InChI is InChI=1S/C71H135NO5/c1-3-5-7-9-11-13-15-17-19-21-23-28-31-35-39-43-47-51-55-59-63-69(74)68(67-73)72-70(75)64-60-56-52-48-44-40-36-32-29-25-24-26-30-34-38-42-46-50-54-58-62-66-77-71(76)65-61-57-53-49-45-41-37-33-27-22-20-18-16-14-12-10-8-6-4-2/h18,20,25,29,59,63,68-69,73-74H,3-17,19,21-24,26-28,30-58,60-62,64-67H2,1-2H3,(H,72,75)/b20-18-,29-25-,63-59+. The number of allylic oxidation sites excluding steroid dienone is 5. The SMILES string of the molecule is CCCCCCCC/C=C\CCCCCCCCCCCC(=O)OCCCCCCCCCCCC/C=C\CCCCCCCCCC(=O)NC(CO)C(O)/C=C/CCCCCCCCCCCCCCCCCCCC. The van der Waals surface area contributed by atoms with Gasteiger partial charge in [0.2, 0.25) is 5.91 Å². The van der Waals surface area contributed by atoms with E-state index < -0.39 is 12.1 Å². The molecule has 0 heterocycles. The number of rotatable bonds is 65. The number of ether oxygens (including phenoxy) is 1. The first kappa shape index (κ1) is 75.1. The van der Waals surface area contributed by atoms with Crippen LogP contribution in [0.5, 0.6) is 0 Å². The first-order chi connectivity index (χ1) is 38.0. The molecule has 0 aromatic heterocycles. The van der Waals surface area contributed by atoms with Crippen molar-refractivity contribution in [3.63, 3.8) is 0 Å². The molecule has 0 saturated carbocycles. The highest BCUT2D eigenvalue weighted by Crippen LogP contribution is 2.18. The fourth-order valence-electron chi connectivity index (χ4n) is 10.8. The molecule has 0 saturated heterocycles. The minimum atomic E-state index is -0.851. The molecule has 0 aromatic rings. The Morgan fingerprint density at radius 3 is 0.922 bits per heavy atom. The molecule has 0 aliphatic carbocycles. The first-order valence-corrected chi connectivity index (χ1v) is 34.8. The minimum Gasteiger partial charge on any atom is -0.466 e. The molecule has 0 aromatic carbocycles. The monoisotopic (exact) mass is 1080 g/mol. The van der Waals surface area contributed by atoms with Gasteiger partial charge >= 0.3 is 5.97 Å². The Morgan fingerprint density at radius 1 is 0.351 bits per heavy atom. The van der Waals surface area contributed by atoms with Gasteiger partial charge in [-0.15, -0.1) is 0 Å². The number of aliphatic hydroxyl groups excluding tert-OH is 2. The number of esters is 1. The molecule has 6 nitrogen and oxygen atoms in total. The second kappa shape index (κ2) is 66.6. The summed E-state index contributed by atoms with van der Waals surface area (Å²) >= 11 is 0. The zero-order chi connectivity index (χ0) is 55.7. The maximum Gasteiger partial charge on any atom is 0.305 e. The lowest BCUT2D eigenvalue weighted by Crippen LogP contribution is -2.45. The minimum absolute atomic E-state index is 0.00773. The Labute approximate surface area is 481 Å². The van der Waals surface area contributed by atoms with E-state index in [1.54, 1.807) is 6.08 Å². The molecular formula is C71H135NO5. The second-order valence-corrected chi connectivity index (χ2v) is 23.9. The van der Waals surface area contributed by atoms with Crippen molar-refractivity contribution < 1.29 is 24.5 Å². The maximum absolute atomic E-state index is 12.5. The summed E-state index contributed by atoms with van der Waals surface area (Å²) in [6, 6.07) is -0.635. The average molecular weight is 1080 g/mol. The van der Waals surface area contributed by atoms with Crippen molar-refractivity contribution in [2.24, 2.45) is 0 Å². The molecule has 77 heavy (non-hydrogen) atoms. The van der Waals surface area contributed by atoms with Crippen LogP contribution < -0.4 is 5.32 Å². The van der Waals surface area contributed by atoms with Gasteiger partial charge in [0.15, 0.2) is 0 Å². The molecular weight excluding hydrogens is 947 g/mol. The number of carbonyl (C=O) groups excluding carboxylic acids is 2. The van der Waals surface area contributed by atoms with Gasteiger partial charge in [-0.05, 0) is 83.5 Å². The van der Waals surface area contributed by atoms with Crippen LogP contribution in [0.15, 0.2) is 36.5 Å². The van der Waals surface area contributed by atoms with Crippen LogP contribution in [0.4, 0.5) is 0 Å². The van der Waals surface area contributed by atoms with Crippen LogP contribution in [-0.2, 0) is 14.3 Å². The predicted octanol–water partition coefficient (Wildman–Crippen LogP) is 22.3. The molecule has 2 unspecified atom stereocenters. The van der Waals surface area contributed by atoms with Gasteiger partial charge in [0, 0.05) is 12.8 Å². The lowest BCUT2D eigenvalue weighted by Gasteiger charge is -2.20. The maximum atomic E-state index is 12.5. The second-order valence-electron chi connectivity index (χ2n) is 23.9. The van der Waals surface area contributed by atoms with Gasteiger partial charge in [0.25, 0.3) is 0 Å². The van der Waals surface area contributed by atoms with Crippen LogP contribution in [0.1, 0.15) is 380 Å². The summed E-state index contributed by atoms with van der Waals surface area (Å²) < 4.78 is 5.50. The number of amides is 1. The third-order valence-electron chi connectivity index (χ3n) is 16.1. The molecule has 0 fully saturated rings. The Morgan fingerprint density at radius 2 is 0.610 bits per heavy atom. The van der Waals surface area contributed by atoms with Gasteiger partial charge in [-0.3, -0.25) is 9.59 Å². The number of aliphatic hydroxyl groups is 2. The van der Waals surface area contributed by atoms with Crippen molar-refractivity contribution in [1.29, 1.82) is 0 Å². The molecule has 0 bridgehead atoms. The Kier molecular flexibility index (Phi) is 64.9. The molecule has 1 amide bonds. The highest BCUT2D eigenvalue weighted by molar-refractivity contribution is 5.76. The predicted molar refractivity (Wildman–Crippen MR) is 338 cm³/mol. The molecule has 0 spiro atoms. The van der Waals surface area contributed by atoms with E-state index in [4.69, 9.17) is 4.74 Å². The van der Waals surface area contributed by atoms with Crippen LogP contribution >= 0.6 is 0 Å². The Balaban J connectivity index is 3.43. The third kappa shape index (κ3) is 63.1. The molecule has 3 N–H and O–H groups in total. The summed E-state index contributed by atoms with van der Waals surface area (Å²) in [5, 5.41) is 23.2.